The molecule has 0 spiro atoms. The van der Waals surface area contributed by atoms with Crippen molar-refractivity contribution in [3.8, 4) is 0 Å². The van der Waals surface area contributed by atoms with Crippen molar-refractivity contribution >= 4 is 39.5 Å². The molecule has 0 amide bonds. The summed E-state index contributed by atoms with van der Waals surface area (Å²) in [5.74, 6) is -1.33. The summed E-state index contributed by atoms with van der Waals surface area (Å²) >= 11 is 0. The van der Waals surface area contributed by atoms with Crippen molar-refractivity contribution in [2.45, 2.75) is 425 Å². The SMILES string of the molecule is CCCCCCCCCCCCCCCCC(=O)OC[C@H](COP(=O)(O)OC[C@@H](O)COP(=O)(O)OC[C@@H](COC(=O)CCCCCCCCCCCCCCC)OC(=O)CCCCCCCCCCCCCCCC)OC(=O)CCCCCCCCCCCCCCC(C)C. The Morgan fingerprint density at radius 1 is 0.281 bits per heavy atom. The van der Waals surface area contributed by atoms with Gasteiger partial charge in [-0.15, -0.1) is 0 Å². The first-order valence-corrected chi connectivity index (χ1v) is 43.1. The lowest BCUT2D eigenvalue weighted by Crippen LogP contribution is -2.30. The number of unbranched alkanes of at least 4 members (excludes halogenated alkanes) is 49. The molecule has 0 heterocycles. The highest BCUT2D eigenvalue weighted by atomic mass is 31.2. The molecule has 3 N–H and O–H groups in total. The lowest BCUT2D eigenvalue weighted by molar-refractivity contribution is -0.161. The topological polar surface area (TPSA) is 237 Å². The molecule has 0 radical (unpaired) electrons. The molecule has 0 aromatic carbocycles. The van der Waals surface area contributed by atoms with Gasteiger partial charge in [0.05, 0.1) is 26.4 Å². The molecule has 2 unspecified atom stereocenters. The first-order valence-electron chi connectivity index (χ1n) is 40.1. The molecule has 0 aliphatic rings. The molecule has 0 fully saturated rings. The van der Waals surface area contributed by atoms with Crippen molar-refractivity contribution in [3.63, 3.8) is 0 Å². The molecule has 0 aromatic rings. The molecule has 570 valence electrons. The van der Waals surface area contributed by atoms with Crippen molar-refractivity contribution in [1.29, 1.82) is 0 Å². The van der Waals surface area contributed by atoms with Gasteiger partial charge in [-0.2, -0.15) is 0 Å². The van der Waals surface area contributed by atoms with Crippen LogP contribution in [0.25, 0.3) is 0 Å². The van der Waals surface area contributed by atoms with Crippen LogP contribution in [0.5, 0.6) is 0 Å². The number of carbonyl (C=O) groups excluding carboxylic acids is 4. The van der Waals surface area contributed by atoms with Crippen LogP contribution in [0.3, 0.4) is 0 Å². The lowest BCUT2D eigenvalue weighted by atomic mass is 10.0. The van der Waals surface area contributed by atoms with Gasteiger partial charge in [-0.25, -0.2) is 9.13 Å². The van der Waals surface area contributed by atoms with Gasteiger partial charge < -0.3 is 33.8 Å². The van der Waals surface area contributed by atoms with E-state index < -0.39 is 97.5 Å². The third-order valence-electron chi connectivity index (χ3n) is 18.0. The van der Waals surface area contributed by atoms with E-state index in [9.17, 15) is 43.2 Å². The molecule has 0 aliphatic carbocycles. The average molecular weight is 1410 g/mol. The lowest BCUT2D eigenvalue weighted by Gasteiger charge is -2.21. The molecule has 17 nitrogen and oxygen atoms in total. The quantitative estimate of drug-likeness (QED) is 0.0222. The van der Waals surface area contributed by atoms with E-state index in [1.807, 2.05) is 0 Å². The minimum absolute atomic E-state index is 0.108. The van der Waals surface area contributed by atoms with E-state index in [1.165, 1.54) is 231 Å². The Morgan fingerprint density at radius 3 is 0.708 bits per heavy atom. The van der Waals surface area contributed by atoms with Crippen LogP contribution in [0.15, 0.2) is 0 Å². The van der Waals surface area contributed by atoms with Crippen LogP contribution in [0, 0.1) is 5.92 Å². The van der Waals surface area contributed by atoms with Crippen molar-refractivity contribution in [3.05, 3.63) is 0 Å². The van der Waals surface area contributed by atoms with Crippen molar-refractivity contribution in [2.75, 3.05) is 39.6 Å². The highest BCUT2D eigenvalue weighted by Gasteiger charge is 2.30. The summed E-state index contributed by atoms with van der Waals surface area (Å²) in [5.41, 5.74) is 0. The maximum absolute atomic E-state index is 13.1. The van der Waals surface area contributed by atoms with Gasteiger partial charge in [0.1, 0.15) is 19.3 Å². The monoisotopic (exact) mass is 1410 g/mol. The number of phosphoric acid groups is 2. The number of aliphatic hydroxyl groups excluding tert-OH is 1. The average Bonchev–Trinajstić information content (AvgIpc) is 1.22. The molecular weight excluding hydrogens is 1260 g/mol. The van der Waals surface area contributed by atoms with Crippen molar-refractivity contribution < 1.29 is 80.2 Å². The Morgan fingerprint density at radius 2 is 0.479 bits per heavy atom. The minimum Gasteiger partial charge on any atom is -0.462 e. The zero-order valence-corrected chi connectivity index (χ0v) is 64.3. The van der Waals surface area contributed by atoms with Gasteiger partial charge in [0.15, 0.2) is 12.2 Å². The van der Waals surface area contributed by atoms with Gasteiger partial charge in [0.25, 0.3) is 0 Å². The summed E-state index contributed by atoms with van der Waals surface area (Å²) in [5, 5.41) is 10.6. The number of ether oxygens (including phenoxy) is 4. The zero-order valence-electron chi connectivity index (χ0n) is 62.5. The third-order valence-corrected chi connectivity index (χ3v) is 19.9. The highest BCUT2D eigenvalue weighted by Crippen LogP contribution is 2.45. The summed E-state index contributed by atoms with van der Waals surface area (Å²) < 4.78 is 68.6. The predicted molar refractivity (Wildman–Crippen MR) is 391 cm³/mol. The summed E-state index contributed by atoms with van der Waals surface area (Å²) in [7, 11) is -9.91. The number of aliphatic hydroxyl groups is 1. The van der Waals surface area contributed by atoms with Gasteiger partial charge in [0, 0.05) is 25.7 Å². The molecule has 0 bridgehead atoms. The van der Waals surface area contributed by atoms with Gasteiger partial charge in [-0.1, -0.05) is 356 Å². The summed E-state index contributed by atoms with van der Waals surface area (Å²) in [6.45, 7) is 7.32. The van der Waals surface area contributed by atoms with Gasteiger partial charge in [-0.3, -0.25) is 37.3 Å². The van der Waals surface area contributed by atoms with Gasteiger partial charge in [0.2, 0.25) is 0 Å². The van der Waals surface area contributed by atoms with E-state index in [0.717, 1.165) is 95.8 Å². The van der Waals surface area contributed by atoms with Gasteiger partial charge >= 0.3 is 39.5 Å². The number of rotatable bonds is 77. The largest absolute Gasteiger partial charge is 0.472 e. The van der Waals surface area contributed by atoms with E-state index in [1.54, 1.807) is 0 Å². The third kappa shape index (κ3) is 70.5. The fourth-order valence-electron chi connectivity index (χ4n) is 11.9. The fraction of sp³-hybridized carbons (Fsp3) is 0.948. The Labute approximate surface area is 588 Å². The minimum atomic E-state index is -4.96. The normalized spacial score (nSPS) is 13.9. The number of hydrogen-bond donors (Lipinski definition) is 3. The number of carbonyl (C=O) groups is 4. The molecule has 96 heavy (non-hydrogen) atoms. The molecule has 5 atom stereocenters. The molecular formula is C77H150O17P2. The Balaban J connectivity index is 5.27. The standard InChI is InChI=1S/C77H150O17P2/c1-6-9-12-15-18-21-24-27-30-36-41-46-51-56-61-75(80)88-67-73(94-77(82)63-58-53-48-43-38-33-32-34-39-44-49-54-59-70(4)5)69-92-96(85,86)90-65-71(78)64-89-95(83,84)91-68-72(66-87-74(79)60-55-50-45-40-35-29-26-23-20-17-14-11-8-3)93-76(81)62-57-52-47-42-37-31-28-25-22-19-16-13-10-7-2/h70-73,78H,6-69H2,1-5H3,(H,83,84)(H,85,86)/t71-,72+,73+/m0/s1. The molecule has 19 heteroatoms. The molecule has 0 aromatic heterocycles. The Hall–Kier alpha value is -1.94. The van der Waals surface area contributed by atoms with E-state index in [-0.39, 0.29) is 25.7 Å². The second-order valence-corrected chi connectivity index (χ2v) is 31.1. The van der Waals surface area contributed by atoms with Crippen LogP contribution < -0.4 is 0 Å². The second-order valence-electron chi connectivity index (χ2n) is 28.2. The van der Waals surface area contributed by atoms with Crippen molar-refractivity contribution in [2.24, 2.45) is 5.92 Å². The first kappa shape index (κ1) is 94.1. The first-order chi connectivity index (χ1) is 46.5. The number of esters is 4. The summed E-state index contributed by atoms with van der Waals surface area (Å²) in [6.07, 6.45) is 59.4. The molecule has 0 rings (SSSR count). The van der Waals surface area contributed by atoms with Crippen LogP contribution in [0.2, 0.25) is 0 Å². The Bertz CT molecular complexity index is 1840. The van der Waals surface area contributed by atoms with Crippen LogP contribution >= 0.6 is 15.6 Å². The van der Waals surface area contributed by atoms with Crippen LogP contribution in [-0.2, 0) is 65.4 Å². The summed E-state index contributed by atoms with van der Waals surface area (Å²) in [6, 6.07) is 0. The molecule has 0 aliphatic heterocycles. The smallest absolute Gasteiger partial charge is 0.462 e. The van der Waals surface area contributed by atoms with E-state index in [0.29, 0.717) is 25.7 Å². The number of hydrogen-bond acceptors (Lipinski definition) is 15. The molecule has 0 saturated heterocycles. The highest BCUT2D eigenvalue weighted by molar-refractivity contribution is 7.47. The zero-order chi connectivity index (χ0) is 70.5. The molecule has 0 saturated carbocycles. The van der Waals surface area contributed by atoms with Crippen LogP contribution in [0.1, 0.15) is 407 Å². The summed E-state index contributed by atoms with van der Waals surface area (Å²) in [4.78, 5) is 72.9. The van der Waals surface area contributed by atoms with Crippen LogP contribution in [-0.4, -0.2) is 96.7 Å². The second kappa shape index (κ2) is 70.1. The van der Waals surface area contributed by atoms with E-state index in [2.05, 4.69) is 34.6 Å². The maximum Gasteiger partial charge on any atom is 0.472 e. The van der Waals surface area contributed by atoms with E-state index >= 15 is 0 Å². The van der Waals surface area contributed by atoms with E-state index in [4.69, 9.17) is 37.0 Å². The van der Waals surface area contributed by atoms with Crippen molar-refractivity contribution in [1.82, 2.24) is 0 Å². The fourth-order valence-corrected chi connectivity index (χ4v) is 13.5. The Kier molecular flexibility index (Phi) is 68.7. The van der Waals surface area contributed by atoms with Crippen LogP contribution in [0.4, 0.5) is 0 Å². The number of phosphoric ester groups is 2. The van der Waals surface area contributed by atoms with Gasteiger partial charge in [-0.05, 0) is 31.6 Å². The predicted octanol–water partition coefficient (Wildman–Crippen LogP) is 22.9. The maximum atomic E-state index is 13.1.